The Balaban J connectivity index is 1.85. The highest BCUT2D eigenvalue weighted by molar-refractivity contribution is 6.30. The van der Waals surface area contributed by atoms with Gasteiger partial charge < -0.3 is 11.1 Å². The fraction of sp³-hybridized carbons (Fsp3) is 0.294. The van der Waals surface area contributed by atoms with Gasteiger partial charge in [-0.25, -0.2) is 4.98 Å². The minimum Gasteiger partial charge on any atom is -0.329 e. The quantitative estimate of drug-likeness (QED) is 0.777. The Kier molecular flexibility index (Phi) is 7.00. The van der Waals surface area contributed by atoms with E-state index < -0.39 is 0 Å². The summed E-state index contributed by atoms with van der Waals surface area (Å²) in [7, 11) is 0. The molecule has 1 heterocycles. The number of anilines is 1. The van der Waals surface area contributed by atoms with Gasteiger partial charge in [0.15, 0.2) is 0 Å². The van der Waals surface area contributed by atoms with Gasteiger partial charge in [-0.05, 0) is 24.1 Å². The van der Waals surface area contributed by atoms with Crippen molar-refractivity contribution in [1.29, 1.82) is 0 Å². The molecule has 122 valence electrons. The number of hydrogen-bond acceptors (Lipinski definition) is 4. The molecule has 0 saturated heterocycles. The van der Waals surface area contributed by atoms with Crippen LogP contribution in [-0.2, 0) is 11.2 Å². The van der Waals surface area contributed by atoms with Crippen LogP contribution in [0, 0.1) is 0 Å². The predicted octanol–water partition coefficient (Wildman–Crippen LogP) is 2.18. The van der Waals surface area contributed by atoms with Gasteiger partial charge in [0.25, 0.3) is 0 Å². The first kappa shape index (κ1) is 17.4. The SMILES string of the molecule is NCCN(CCc1ccccc1)CC(=O)Nc1ccc(Cl)cn1. The maximum atomic E-state index is 12.1. The van der Waals surface area contributed by atoms with Crippen LogP contribution in [0.2, 0.25) is 5.02 Å². The van der Waals surface area contributed by atoms with E-state index in [1.165, 1.54) is 11.8 Å². The number of pyridine rings is 1. The molecule has 6 heteroatoms. The van der Waals surface area contributed by atoms with Crippen LogP contribution in [0.1, 0.15) is 5.56 Å². The number of benzene rings is 1. The van der Waals surface area contributed by atoms with Gasteiger partial charge in [0.05, 0.1) is 11.6 Å². The number of halogens is 1. The molecule has 0 fully saturated rings. The zero-order valence-electron chi connectivity index (χ0n) is 12.9. The molecule has 0 atom stereocenters. The topological polar surface area (TPSA) is 71.2 Å². The number of carbonyl (C=O) groups is 1. The molecule has 3 N–H and O–H groups in total. The molecule has 0 bridgehead atoms. The van der Waals surface area contributed by atoms with E-state index in [4.69, 9.17) is 17.3 Å². The van der Waals surface area contributed by atoms with Gasteiger partial charge in [-0.15, -0.1) is 0 Å². The third-order valence-corrected chi connectivity index (χ3v) is 3.59. The molecule has 0 spiro atoms. The molecular weight excluding hydrogens is 312 g/mol. The number of aromatic nitrogens is 1. The Morgan fingerprint density at radius 1 is 1.17 bits per heavy atom. The fourth-order valence-electron chi connectivity index (χ4n) is 2.22. The van der Waals surface area contributed by atoms with Crippen molar-refractivity contribution in [2.75, 3.05) is 31.5 Å². The first-order chi connectivity index (χ1) is 11.2. The Labute approximate surface area is 141 Å². The van der Waals surface area contributed by atoms with Crippen LogP contribution in [0.15, 0.2) is 48.7 Å². The molecule has 0 saturated carbocycles. The average Bonchev–Trinajstić information content (AvgIpc) is 2.56. The number of nitrogens with two attached hydrogens (primary N) is 1. The van der Waals surface area contributed by atoms with Crippen molar-refractivity contribution in [2.24, 2.45) is 5.73 Å². The van der Waals surface area contributed by atoms with E-state index in [1.807, 2.05) is 23.1 Å². The van der Waals surface area contributed by atoms with Gasteiger partial charge in [-0.3, -0.25) is 9.69 Å². The van der Waals surface area contributed by atoms with E-state index in [-0.39, 0.29) is 12.5 Å². The summed E-state index contributed by atoms with van der Waals surface area (Å²) < 4.78 is 0. The number of nitrogens with one attached hydrogen (secondary N) is 1. The molecule has 2 aromatic rings. The first-order valence-electron chi connectivity index (χ1n) is 7.55. The van der Waals surface area contributed by atoms with Crippen molar-refractivity contribution < 1.29 is 4.79 Å². The summed E-state index contributed by atoms with van der Waals surface area (Å²) in [6.07, 6.45) is 2.39. The van der Waals surface area contributed by atoms with Crippen molar-refractivity contribution in [1.82, 2.24) is 9.88 Å². The lowest BCUT2D eigenvalue weighted by molar-refractivity contribution is -0.117. The summed E-state index contributed by atoms with van der Waals surface area (Å²) in [5.74, 6) is 0.386. The summed E-state index contributed by atoms with van der Waals surface area (Å²) in [6.45, 7) is 2.26. The second-order valence-corrected chi connectivity index (χ2v) is 5.65. The number of carbonyl (C=O) groups excluding carboxylic acids is 1. The van der Waals surface area contributed by atoms with Crippen molar-refractivity contribution >= 4 is 23.3 Å². The number of amides is 1. The molecule has 1 amide bonds. The summed E-state index contributed by atoms with van der Waals surface area (Å²) in [6, 6.07) is 13.6. The fourth-order valence-corrected chi connectivity index (χ4v) is 2.33. The van der Waals surface area contributed by atoms with E-state index in [9.17, 15) is 4.79 Å². The summed E-state index contributed by atoms with van der Waals surface area (Å²) in [5, 5.41) is 3.30. The van der Waals surface area contributed by atoms with Gasteiger partial charge >= 0.3 is 0 Å². The van der Waals surface area contributed by atoms with Crippen molar-refractivity contribution in [3.8, 4) is 0 Å². The molecule has 0 aliphatic carbocycles. The number of hydrogen-bond donors (Lipinski definition) is 2. The smallest absolute Gasteiger partial charge is 0.239 e. The lowest BCUT2D eigenvalue weighted by Gasteiger charge is -2.20. The van der Waals surface area contributed by atoms with Crippen LogP contribution in [-0.4, -0.2) is 42.0 Å². The summed E-state index contributed by atoms with van der Waals surface area (Å²) >= 11 is 5.78. The second-order valence-electron chi connectivity index (χ2n) is 5.21. The predicted molar refractivity (Wildman–Crippen MR) is 93.5 cm³/mol. The van der Waals surface area contributed by atoms with E-state index in [0.29, 0.717) is 23.9 Å². The van der Waals surface area contributed by atoms with Crippen molar-refractivity contribution in [2.45, 2.75) is 6.42 Å². The molecule has 0 aliphatic heterocycles. The minimum absolute atomic E-state index is 0.110. The van der Waals surface area contributed by atoms with E-state index in [1.54, 1.807) is 12.1 Å². The van der Waals surface area contributed by atoms with E-state index >= 15 is 0 Å². The molecule has 1 aromatic carbocycles. The van der Waals surface area contributed by atoms with E-state index in [2.05, 4.69) is 22.4 Å². The molecule has 1 aromatic heterocycles. The molecule has 5 nitrogen and oxygen atoms in total. The highest BCUT2D eigenvalue weighted by Gasteiger charge is 2.11. The van der Waals surface area contributed by atoms with Crippen LogP contribution >= 0.6 is 11.6 Å². The Morgan fingerprint density at radius 3 is 2.61 bits per heavy atom. The zero-order chi connectivity index (χ0) is 16.5. The molecule has 23 heavy (non-hydrogen) atoms. The van der Waals surface area contributed by atoms with Crippen LogP contribution in [0.25, 0.3) is 0 Å². The molecule has 2 rings (SSSR count). The molecule has 0 unspecified atom stereocenters. The largest absolute Gasteiger partial charge is 0.329 e. The second kappa shape index (κ2) is 9.25. The van der Waals surface area contributed by atoms with E-state index in [0.717, 1.165) is 13.0 Å². The molecule has 0 radical (unpaired) electrons. The minimum atomic E-state index is -0.110. The van der Waals surface area contributed by atoms with Crippen LogP contribution in [0.3, 0.4) is 0 Å². The molecular formula is C17H21ClN4O. The lowest BCUT2D eigenvalue weighted by Crippen LogP contribution is -2.38. The standard InChI is InChI=1S/C17H21ClN4O/c18-15-6-7-16(20-12-15)21-17(23)13-22(11-9-19)10-8-14-4-2-1-3-5-14/h1-7,12H,8-11,13,19H2,(H,20,21,23). The first-order valence-corrected chi connectivity index (χ1v) is 7.93. The Morgan fingerprint density at radius 2 is 1.96 bits per heavy atom. The maximum absolute atomic E-state index is 12.1. The summed E-state index contributed by atoms with van der Waals surface area (Å²) in [4.78, 5) is 18.2. The average molecular weight is 333 g/mol. The van der Waals surface area contributed by atoms with Crippen molar-refractivity contribution in [3.05, 3.63) is 59.2 Å². The van der Waals surface area contributed by atoms with Crippen LogP contribution in [0.5, 0.6) is 0 Å². The van der Waals surface area contributed by atoms with Gasteiger partial charge in [0, 0.05) is 25.8 Å². The lowest BCUT2D eigenvalue weighted by atomic mass is 10.1. The maximum Gasteiger partial charge on any atom is 0.239 e. The van der Waals surface area contributed by atoms with Gasteiger partial charge in [-0.2, -0.15) is 0 Å². The highest BCUT2D eigenvalue weighted by atomic mass is 35.5. The van der Waals surface area contributed by atoms with Crippen LogP contribution < -0.4 is 11.1 Å². The van der Waals surface area contributed by atoms with Gasteiger partial charge in [0.2, 0.25) is 5.91 Å². The Bertz CT molecular complexity index is 604. The molecule has 0 aliphatic rings. The third-order valence-electron chi connectivity index (χ3n) is 3.37. The zero-order valence-corrected chi connectivity index (χ0v) is 13.7. The van der Waals surface area contributed by atoms with Gasteiger partial charge in [-0.1, -0.05) is 41.9 Å². The van der Waals surface area contributed by atoms with Gasteiger partial charge in [0.1, 0.15) is 5.82 Å². The number of nitrogens with zero attached hydrogens (tertiary/aromatic N) is 2. The van der Waals surface area contributed by atoms with Crippen molar-refractivity contribution in [3.63, 3.8) is 0 Å². The summed E-state index contributed by atoms with van der Waals surface area (Å²) in [5.41, 5.74) is 6.89. The number of rotatable bonds is 8. The third kappa shape index (κ3) is 6.36. The Hall–Kier alpha value is -1.95. The normalized spacial score (nSPS) is 10.7. The highest BCUT2D eigenvalue weighted by Crippen LogP contribution is 2.09. The van der Waals surface area contributed by atoms with Crippen LogP contribution in [0.4, 0.5) is 5.82 Å². The monoisotopic (exact) mass is 332 g/mol.